The Morgan fingerprint density at radius 1 is 1.67 bits per heavy atom. The molecule has 2 N–H and O–H groups in total. The zero-order valence-electron chi connectivity index (χ0n) is 5.79. The van der Waals surface area contributed by atoms with E-state index in [1.54, 1.807) is 19.0 Å². The minimum Gasteiger partial charge on any atom is -0.349 e. The van der Waals surface area contributed by atoms with Crippen LogP contribution in [0.15, 0.2) is 0 Å². The Morgan fingerprint density at radius 2 is 2.11 bits per heavy atom. The van der Waals surface area contributed by atoms with Gasteiger partial charge in [-0.1, -0.05) is 0 Å². The van der Waals surface area contributed by atoms with Crippen molar-refractivity contribution in [1.29, 1.82) is 0 Å². The topological polar surface area (TPSA) is 46.3 Å². The summed E-state index contributed by atoms with van der Waals surface area (Å²) in [5.41, 5.74) is 5.46. The van der Waals surface area contributed by atoms with Crippen molar-refractivity contribution in [3.63, 3.8) is 0 Å². The third-order valence-corrected chi connectivity index (χ3v) is 1.60. The molecule has 3 heteroatoms. The first-order chi connectivity index (χ1) is 4.13. The van der Waals surface area contributed by atoms with Gasteiger partial charge in [-0.3, -0.25) is 4.79 Å². The second-order valence-electron chi connectivity index (χ2n) is 2.74. The highest BCUT2D eigenvalue weighted by Gasteiger charge is 2.40. The van der Waals surface area contributed by atoms with Crippen LogP contribution in [0, 0.1) is 5.92 Å². The summed E-state index contributed by atoms with van der Waals surface area (Å²) in [6, 6.07) is 0.139. The van der Waals surface area contributed by atoms with E-state index in [-0.39, 0.29) is 17.9 Å². The van der Waals surface area contributed by atoms with E-state index >= 15 is 0 Å². The fraction of sp³-hybridized carbons (Fsp3) is 0.833. The third-order valence-electron chi connectivity index (χ3n) is 1.60. The van der Waals surface area contributed by atoms with Gasteiger partial charge >= 0.3 is 0 Å². The molecule has 2 atom stereocenters. The summed E-state index contributed by atoms with van der Waals surface area (Å²) in [7, 11) is 3.51. The molecule has 52 valence electrons. The quantitative estimate of drug-likeness (QED) is 0.513. The lowest BCUT2D eigenvalue weighted by atomic mass is 10.4. The molecule has 0 saturated heterocycles. The Hall–Kier alpha value is -0.570. The molecular weight excluding hydrogens is 116 g/mol. The van der Waals surface area contributed by atoms with Crippen LogP contribution in [-0.2, 0) is 4.79 Å². The van der Waals surface area contributed by atoms with E-state index < -0.39 is 0 Å². The molecule has 2 unspecified atom stereocenters. The molecule has 1 rings (SSSR count). The van der Waals surface area contributed by atoms with Gasteiger partial charge < -0.3 is 10.6 Å². The van der Waals surface area contributed by atoms with E-state index in [9.17, 15) is 4.79 Å². The van der Waals surface area contributed by atoms with Crippen molar-refractivity contribution >= 4 is 5.91 Å². The summed E-state index contributed by atoms with van der Waals surface area (Å²) in [6.45, 7) is 0. The van der Waals surface area contributed by atoms with Crippen LogP contribution in [0.25, 0.3) is 0 Å². The van der Waals surface area contributed by atoms with Crippen molar-refractivity contribution in [1.82, 2.24) is 4.90 Å². The average Bonchev–Trinajstić information content (AvgIpc) is 2.44. The number of hydrogen-bond donors (Lipinski definition) is 1. The van der Waals surface area contributed by atoms with Gasteiger partial charge in [-0.2, -0.15) is 0 Å². The number of amides is 1. The first-order valence-electron chi connectivity index (χ1n) is 3.09. The molecule has 1 amide bonds. The van der Waals surface area contributed by atoms with E-state index in [1.807, 2.05) is 0 Å². The average molecular weight is 128 g/mol. The van der Waals surface area contributed by atoms with Crippen LogP contribution in [0.3, 0.4) is 0 Å². The second-order valence-corrected chi connectivity index (χ2v) is 2.74. The lowest BCUT2D eigenvalue weighted by Crippen LogP contribution is -2.25. The minimum absolute atomic E-state index is 0.125. The Kier molecular flexibility index (Phi) is 1.45. The molecule has 0 aliphatic heterocycles. The van der Waals surface area contributed by atoms with Crippen LogP contribution in [0.4, 0.5) is 0 Å². The van der Waals surface area contributed by atoms with Crippen molar-refractivity contribution in [3.05, 3.63) is 0 Å². The number of hydrogen-bond acceptors (Lipinski definition) is 2. The van der Waals surface area contributed by atoms with Crippen molar-refractivity contribution in [2.24, 2.45) is 11.7 Å². The molecule has 0 heterocycles. The molecule has 1 aliphatic carbocycles. The van der Waals surface area contributed by atoms with E-state index in [1.165, 1.54) is 0 Å². The summed E-state index contributed by atoms with van der Waals surface area (Å²) in [4.78, 5) is 12.6. The van der Waals surface area contributed by atoms with Gasteiger partial charge in [-0.15, -0.1) is 0 Å². The van der Waals surface area contributed by atoms with Crippen LogP contribution >= 0.6 is 0 Å². The maximum absolute atomic E-state index is 11.0. The number of carbonyl (C=O) groups is 1. The molecule has 0 aromatic heterocycles. The highest BCUT2D eigenvalue weighted by atomic mass is 16.2. The standard InChI is InChI=1S/C6H12N2O/c1-8(2)6(9)4-3-5(4)7/h4-5H,3,7H2,1-2H3. The molecule has 0 spiro atoms. The Bertz CT molecular complexity index is 133. The zero-order valence-corrected chi connectivity index (χ0v) is 5.79. The van der Waals surface area contributed by atoms with Gasteiger partial charge in [0.2, 0.25) is 5.91 Å². The monoisotopic (exact) mass is 128 g/mol. The molecule has 3 nitrogen and oxygen atoms in total. The lowest BCUT2D eigenvalue weighted by Gasteiger charge is -2.07. The van der Waals surface area contributed by atoms with E-state index in [0.717, 1.165) is 6.42 Å². The maximum atomic E-state index is 11.0. The Morgan fingerprint density at radius 3 is 2.22 bits per heavy atom. The number of nitrogens with zero attached hydrogens (tertiary/aromatic N) is 1. The molecule has 1 saturated carbocycles. The molecule has 0 aromatic rings. The molecule has 9 heavy (non-hydrogen) atoms. The van der Waals surface area contributed by atoms with Crippen LogP contribution in [0.1, 0.15) is 6.42 Å². The van der Waals surface area contributed by atoms with E-state index in [2.05, 4.69) is 0 Å². The van der Waals surface area contributed by atoms with E-state index in [4.69, 9.17) is 5.73 Å². The fourth-order valence-corrected chi connectivity index (χ4v) is 0.830. The summed E-state index contributed by atoms with van der Waals surface area (Å²) < 4.78 is 0. The maximum Gasteiger partial charge on any atom is 0.226 e. The SMILES string of the molecule is CN(C)C(=O)C1CC1N. The summed E-state index contributed by atoms with van der Waals surface area (Å²) >= 11 is 0. The first kappa shape index (κ1) is 6.55. The molecular formula is C6H12N2O. The van der Waals surface area contributed by atoms with Crippen LogP contribution < -0.4 is 5.73 Å². The Balaban J connectivity index is 2.36. The zero-order chi connectivity index (χ0) is 7.02. The summed E-state index contributed by atoms with van der Waals surface area (Å²) in [5.74, 6) is 0.294. The summed E-state index contributed by atoms with van der Waals surface area (Å²) in [6.07, 6.45) is 0.872. The van der Waals surface area contributed by atoms with Gasteiger partial charge in [-0.25, -0.2) is 0 Å². The Labute approximate surface area is 54.8 Å². The second kappa shape index (κ2) is 1.99. The van der Waals surface area contributed by atoms with Gasteiger partial charge in [0.05, 0.1) is 5.92 Å². The van der Waals surface area contributed by atoms with Gasteiger partial charge in [-0.05, 0) is 6.42 Å². The van der Waals surface area contributed by atoms with Gasteiger partial charge in [0.25, 0.3) is 0 Å². The highest BCUT2D eigenvalue weighted by Crippen LogP contribution is 2.28. The number of nitrogens with two attached hydrogens (primary N) is 1. The third kappa shape index (κ3) is 1.21. The smallest absolute Gasteiger partial charge is 0.226 e. The normalized spacial score (nSPS) is 31.9. The molecule has 0 aromatic carbocycles. The molecule has 1 fully saturated rings. The van der Waals surface area contributed by atoms with Crippen molar-refractivity contribution in [3.8, 4) is 0 Å². The lowest BCUT2D eigenvalue weighted by molar-refractivity contribution is -0.130. The molecule has 1 aliphatic rings. The molecule has 0 radical (unpaired) electrons. The fourth-order valence-electron chi connectivity index (χ4n) is 0.830. The molecule has 0 bridgehead atoms. The van der Waals surface area contributed by atoms with Crippen molar-refractivity contribution in [2.75, 3.05) is 14.1 Å². The minimum atomic E-state index is 0.125. The van der Waals surface area contributed by atoms with Gasteiger partial charge in [0, 0.05) is 20.1 Å². The van der Waals surface area contributed by atoms with Crippen molar-refractivity contribution in [2.45, 2.75) is 12.5 Å². The van der Waals surface area contributed by atoms with Gasteiger partial charge in [0.15, 0.2) is 0 Å². The van der Waals surface area contributed by atoms with Gasteiger partial charge in [0.1, 0.15) is 0 Å². The van der Waals surface area contributed by atoms with Crippen LogP contribution in [0.2, 0.25) is 0 Å². The predicted octanol–water partition coefficient (Wildman–Crippen LogP) is -0.578. The van der Waals surface area contributed by atoms with E-state index in [0.29, 0.717) is 0 Å². The highest BCUT2D eigenvalue weighted by molar-refractivity contribution is 5.81. The number of carbonyl (C=O) groups excluding carboxylic acids is 1. The summed E-state index contributed by atoms with van der Waals surface area (Å²) in [5, 5.41) is 0. The van der Waals surface area contributed by atoms with Crippen LogP contribution in [-0.4, -0.2) is 30.9 Å². The largest absolute Gasteiger partial charge is 0.349 e. The first-order valence-corrected chi connectivity index (χ1v) is 3.09. The van der Waals surface area contributed by atoms with Crippen LogP contribution in [0.5, 0.6) is 0 Å². The predicted molar refractivity (Wildman–Crippen MR) is 34.8 cm³/mol. The van der Waals surface area contributed by atoms with Crippen molar-refractivity contribution < 1.29 is 4.79 Å². The number of rotatable bonds is 1.